The predicted octanol–water partition coefficient (Wildman–Crippen LogP) is 8.54. The lowest BCUT2D eigenvalue weighted by Gasteiger charge is -2.15. The molecule has 186 valence electrons. The summed E-state index contributed by atoms with van der Waals surface area (Å²) in [5, 5.41) is 0. The number of carbonyl (C=O) groups excluding carboxylic acids is 3. The van der Waals surface area contributed by atoms with Crippen LogP contribution in [-0.2, 0) is 16.0 Å². The standard InChI is InChI=1S/C20H18O2.C5H12.C4H8O.C2H6/c1-12-4-6-15(14(3)11-21)10-18(12)20-13(2)5-7-16-17(20)8-9-19(16)22;1-3-5-4-2;1-3-4(2)5;1-2/h4-7,10H,8-9H2,1-3H3;3-5H2,1-2H3;3H2,1-2H3;1-2H3. The Balaban J connectivity index is 0.000000761. The Kier molecular flexibility index (Phi) is 15.4. The minimum Gasteiger partial charge on any atom is -0.300 e. The largest absolute Gasteiger partial charge is 0.300 e. The van der Waals surface area contributed by atoms with E-state index in [9.17, 15) is 14.4 Å². The summed E-state index contributed by atoms with van der Waals surface area (Å²) in [7, 11) is 0. The van der Waals surface area contributed by atoms with E-state index in [1.54, 1.807) is 13.8 Å². The molecule has 0 heterocycles. The van der Waals surface area contributed by atoms with Gasteiger partial charge in [0.05, 0.1) is 0 Å². The SMILES string of the molecule is CC.CC(=C=O)c1ccc(C)c(-c2c(C)ccc3c2CCC3=O)c1.CCC(C)=O.CCCCC. The molecule has 0 bridgehead atoms. The molecular formula is C31H44O3. The summed E-state index contributed by atoms with van der Waals surface area (Å²) in [4.78, 5) is 32.8. The zero-order valence-corrected chi connectivity index (χ0v) is 22.9. The number of allylic oxidation sites excluding steroid dienone is 1. The topological polar surface area (TPSA) is 51.2 Å². The van der Waals surface area contributed by atoms with Crippen molar-refractivity contribution in [3.05, 3.63) is 58.1 Å². The van der Waals surface area contributed by atoms with Gasteiger partial charge >= 0.3 is 0 Å². The first kappa shape index (κ1) is 31.2. The first-order valence-corrected chi connectivity index (χ1v) is 12.7. The molecular weight excluding hydrogens is 420 g/mol. The van der Waals surface area contributed by atoms with E-state index < -0.39 is 0 Å². The maximum atomic E-state index is 12.0. The van der Waals surface area contributed by atoms with Crippen molar-refractivity contribution in [1.29, 1.82) is 0 Å². The van der Waals surface area contributed by atoms with Gasteiger partial charge in [-0.25, -0.2) is 4.79 Å². The van der Waals surface area contributed by atoms with E-state index in [4.69, 9.17) is 0 Å². The molecule has 1 aliphatic rings. The van der Waals surface area contributed by atoms with Crippen LogP contribution in [0.15, 0.2) is 30.3 Å². The lowest BCUT2D eigenvalue weighted by Crippen LogP contribution is -1.97. The number of benzene rings is 2. The maximum absolute atomic E-state index is 12.0. The van der Waals surface area contributed by atoms with Crippen LogP contribution >= 0.6 is 0 Å². The summed E-state index contributed by atoms with van der Waals surface area (Å²) in [6.07, 6.45) is 6.14. The Morgan fingerprint density at radius 2 is 1.44 bits per heavy atom. The molecule has 0 radical (unpaired) electrons. The van der Waals surface area contributed by atoms with E-state index in [0.29, 0.717) is 18.4 Å². The van der Waals surface area contributed by atoms with Gasteiger partial charge in [-0.2, -0.15) is 0 Å². The van der Waals surface area contributed by atoms with Gasteiger partial charge in [-0.3, -0.25) is 4.79 Å². The first-order valence-electron chi connectivity index (χ1n) is 12.7. The Hall–Kier alpha value is -2.77. The molecule has 3 rings (SSSR count). The number of rotatable bonds is 5. The summed E-state index contributed by atoms with van der Waals surface area (Å²) < 4.78 is 0. The van der Waals surface area contributed by atoms with E-state index in [-0.39, 0.29) is 11.6 Å². The highest BCUT2D eigenvalue weighted by Gasteiger charge is 2.24. The second-order valence-corrected chi connectivity index (χ2v) is 8.37. The van der Waals surface area contributed by atoms with Crippen molar-refractivity contribution < 1.29 is 14.4 Å². The molecule has 0 aromatic heterocycles. The van der Waals surface area contributed by atoms with Gasteiger partial charge in [0.25, 0.3) is 0 Å². The van der Waals surface area contributed by atoms with Gasteiger partial charge in [-0.15, -0.1) is 0 Å². The molecule has 2 aromatic carbocycles. The van der Waals surface area contributed by atoms with Crippen LogP contribution in [0.2, 0.25) is 0 Å². The summed E-state index contributed by atoms with van der Waals surface area (Å²) in [5.74, 6) is 2.45. The zero-order valence-electron chi connectivity index (χ0n) is 22.9. The van der Waals surface area contributed by atoms with Crippen LogP contribution in [0, 0.1) is 13.8 Å². The fraction of sp³-hybridized carbons (Fsp3) is 0.484. The van der Waals surface area contributed by atoms with Crippen LogP contribution in [0.5, 0.6) is 0 Å². The minimum absolute atomic E-state index is 0.231. The molecule has 3 heteroatoms. The minimum atomic E-state index is 0.231. The molecule has 0 saturated carbocycles. The highest BCUT2D eigenvalue weighted by atomic mass is 16.1. The summed E-state index contributed by atoms with van der Waals surface area (Å²) in [6.45, 7) is 17.8. The monoisotopic (exact) mass is 464 g/mol. The van der Waals surface area contributed by atoms with Crippen molar-refractivity contribution in [3.8, 4) is 11.1 Å². The first-order chi connectivity index (χ1) is 16.2. The lowest BCUT2D eigenvalue weighted by molar-refractivity contribution is -0.116. The lowest BCUT2D eigenvalue weighted by atomic mass is 9.88. The van der Waals surface area contributed by atoms with Gasteiger partial charge < -0.3 is 4.79 Å². The van der Waals surface area contributed by atoms with Gasteiger partial charge in [0.2, 0.25) is 0 Å². The third kappa shape index (κ3) is 9.23. The second kappa shape index (κ2) is 16.8. The van der Waals surface area contributed by atoms with Crippen LogP contribution in [0.1, 0.15) is 113 Å². The molecule has 0 atom stereocenters. The number of fused-ring (bicyclic) bond motifs is 1. The van der Waals surface area contributed by atoms with Gasteiger partial charge in [-0.1, -0.05) is 78.1 Å². The fourth-order valence-corrected chi connectivity index (χ4v) is 3.57. The molecule has 1 aliphatic carbocycles. The van der Waals surface area contributed by atoms with Crippen LogP contribution in [-0.4, -0.2) is 17.5 Å². The number of aryl methyl sites for hydroxylation is 2. The summed E-state index contributed by atoms with van der Waals surface area (Å²) in [5.41, 5.74) is 8.07. The van der Waals surface area contributed by atoms with E-state index in [0.717, 1.165) is 39.8 Å². The summed E-state index contributed by atoms with van der Waals surface area (Å²) >= 11 is 0. The van der Waals surface area contributed by atoms with Crippen LogP contribution in [0.4, 0.5) is 0 Å². The van der Waals surface area contributed by atoms with Crippen molar-refractivity contribution in [3.63, 3.8) is 0 Å². The van der Waals surface area contributed by atoms with Crippen molar-refractivity contribution >= 4 is 23.1 Å². The number of ketones is 2. The van der Waals surface area contributed by atoms with Crippen LogP contribution in [0.3, 0.4) is 0 Å². The van der Waals surface area contributed by atoms with Crippen molar-refractivity contribution in [2.75, 3.05) is 0 Å². The molecule has 3 nitrogen and oxygen atoms in total. The Bertz CT molecular complexity index is 990. The third-order valence-corrected chi connectivity index (χ3v) is 5.72. The maximum Gasteiger partial charge on any atom is 0.163 e. The zero-order chi connectivity index (χ0) is 26.3. The second-order valence-electron chi connectivity index (χ2n) is 8.37. The van der Waals surface area contributed by atoms with E-state index in [1.807, 2.05) is 57.0 Å². The average molecular weight is 465 g/mol. The Morgan fingerprint density at radius 3 is 1.91 bits per heavy atom. The van der Waals surface area contributed by atoms with Gasteiger partial charge in [-0.05, 0) is 73.6 Å². The number of hydrogen-bond donors (Lipinski definition) is 0. The fourth-order valence-electron chi connectivity index (χ4n) is 3.57. The molecule has 0 fully saturated rings. The summed E-state index contributed by atoms with van der Waals surface area (Å²) in [6, 6.07) is 9.98. The number of Topliss-reactive ketones (excluding diaryl/α,β-unsaturated/α-hetero) is 2. The van der Waals surface area contributed by atoms with Crippen molar-refractivity contribution in [2.24, 2.45) is 0 Å². The normalized spacial score (nSPS) is 10.9. The molecule has 0 spiro atoms. The Morgan fingerprint density at radius 1 is 0.882 bits per heavy atom. The molecule has 34 heavy (non-hydrogen) atoms. The van der Waals surface area contributed by atoms with Crippen LogP contribution < -0.4 is 0 Å². The highest BCUT2D eigenvalue weighted by molar-refractivity contribution is 6.03. The third-order valence-electron chi connectivity index (χ3n) is 5.72. The predicted molar refractivity (Wildman–Crippen MR) is 146 cm³/mol. The van der Waals surface area contributed by atoms with Gasteiger partial charge in [0, 0.05) is 24.0 Å². The number of hydrogen-bond acceptors (Lipinski definition) is 3. The Labute approximate surface area is 207 Å². The van der Waals surface area contributed by atoms with E-state index in [2.05, 4.69) is 27.7 Å². The van der Waals surface area contributed by atoms with E-state index >= 15 is 0 Å². The van der Waals surface area contributed by atoms with Crippen molar-refractivity contribution in [1.82, 2.24) is 0 Å². The molecule has 2 aromatic rings. The van der Waals surface area contributed by atoms with E-state index in [1.165, 1.54) is 24.8 Å². The highest BCUT2D eigenvalue weighted by Crippen LogP contribution is 2.37. The van der Waals surface area contributed by atoms with Crippen LogP contribution in [0.25, 0.3) is 16.7 Å². The molecule has 0 saturated heterocycles. The average Bonchev–Trinajstić information content (AvgIpc) is 3.22. The van der Waals surface area contributed by atoms with Gasteiger partial charge in [0.1, 0.15) is 11.7 Å². The quantitative estimate of drug-likeness (QED) is 0.416. The smallest absolute Gasteiger partial charge is 0.163 e. The molecule has 0 N–H and O–H groups in total. The molecule has 0 unspecified atom stereocenters. The molecule has 0 amide bonds. The molecule has 0 aliphatic heterocycles. The van der Waals surface area contributed by atoms with Crippen molar-refractivity contribution in [2.45, 2.75) is 101 Å². The van der Waals surface area contributed by atoms with Gasteiger partial charge in [0.15, 0.2) is 5.78 Å². The number of carbonyl (C=O) groups is 2. The number of unbranched alkanes of at least 4 members (excludes halogenated alkanes) is 2.